The van der Waals surface area contributed by atoms with E-state index in [0.29, 0.717) is 37.8 Å². The molecule has 0 aromatic heterocycles. The molecule has 3 aliphatic rings. The van der Waals surface area contributed by atoms with Gasteiger partial charge in [-0.3, -0.25) is 9.69 Å². The van der Waals surface area contributed by atoms with E-state index in [-0.39, 0.29) is 24.5 Å². The Morgan fingerprint density at radius 2 is 1.92 bits per heavy atom. The first kappa shape index (κ1) is 17.0. The summed E-state index contributed by atoms with van der Waals surface area (Å²) in [5.41, 5.74) is 0.778. The summed E-state index contributed by atoms with van der Waals surface area (Å²) < 4.78 is 11.1. The van der Waals surface area contributed by atoms with Crippen molar-refractivity contribution in [2.75, 3.05) is 44.3 Å². The number of likely N-dealkylation sites (tertiary alicyclic amines) is 1. The zero-order chi connectivity index (χ0) is 18.1. The van der Waals surface area contributed by atoms with Gasteiger partial charge in [-0.25, -0.2) is 4.79 Å². The monoisotopic (exact) mass is 359 g/mol. The number of hydrogen-bond donors (Lipinski definition) is 0. The number of amides is 3. The highest BCUT2D eigenvalue weighted by atomic mass is 16.6. The third-order valence-electron chi connectivity index (χ3n) is 5.38. The van der Waals surface area contributed by atoms with Gasteiger partial charge in [-0.05, 0) is 38.3 Å². The van der Waals surface area contributed by atoms with Gasteiger partial charge >= 0.3 is 6.03 Å². The molecule has 1 aromatic carbocycles. The molecule has 3 amide bonds. The number of benzene rings is 1. The lowest BCUT2D eigenvalue weighted by atomic mass is 10.0. The molecule has 1 aromatic rings. The standard InChI is InChI=1S/C19H25N3O4/c1-14-4-2-3-7-21(14)18(23)13-20-8-9-22(19(20)24)15-5-6-16-17(12-15)26-11-10-25-16/h5-6,12,14H,2-4,7-11,13H2,1H3. The molecule has 2 saturated heterocycles. The second-order valence-electron chi connectivity index (χ2n) is 7.12. The molecule has 7 heteroatoms. The Kier molecular flexibility index (Phi) is 4.61. The zero-order valence-electron chi connectivity index (χ0n) is 15.1. The molecule has 0 aliphatic carbocycles. The summed E-state index contributed by atoms with van der Waals surface area (Å²) in [5, 5.41) is 0. The molecule has 0 radical (unpaired) electrons. The molecule has 0 spiro atoms. The van der Waals surface area contributed by atoms with E-state index in [2.05, 4.69) is 6.92 Å². The predicted molar refractivity (Wildman–Crippen MR) is 96.8 cm³/mol. The Balaban J connectivity index is 1.42. The topological polar surface area (TPSA) is 62.3 Å². The van der Waals surface area contributed by atoms with Crippen LogP contribution in [0.15, 0.2) is 18.2 Å². The second kappa shape index (κ2) is 7.05. The van der Waals surface area contributed by atoms with Crippen molar-refractivity contribution in [1.82, 2.24) is 9.80 Å². The van der Waals surface area contributed by atoms with Gasteiger partial charge in [0.1, 0.15) is 19.8 Å². The Labute approximate surface area is 153 Å². The number of urea groups is 1. The van der Waals surface area contributed by atoms with Crippen LogP contribution in [0.4, 0.5) is 10.5 Å². The summed E-state index contributed by atoms with van der Waals surface area (Å²) in [6, 6.07) is 5.68. The van der Waals surface area contributed by atoms with Crippen LogP contribution in [-0.4, -0.2) is 67.2 Å². The lowest BCUT2D eigenvalue weighted by Crippen LogP contribution is -2.47. The van der Waals surface area contributed by atoms with Crippen molar-refractivity contribution in [3.05, 3.63) is 18.2 Å². The second-order valence-corrected chi connectivity index (χ2v) is 7.12. The van der Waals surface area contributed by atoms with Gasteiger partial charge in [0, 0.05) is 37.4 Å². The van der Waals surface area contributed by atoms with Crippen LogP contribution >= 0.6 is 0 Å². The smallest absolute Gasteiger partial charge is 0.325 e. The lowest BCUT2D eigenvalue weighted by molar-refractivity contribution is -0.134. The van der Waals surface area contributed by atoms with Crippen molar-refractivity contribution in [2.45, 2.75) is 32.2 Å². The van der Waals surface area contributed by atoms with Gasteiger partial charge in [-0.2, -0.15) is 0 Å². The highest BCUT2D eigenvalue weighted by Gasteiger charge is 2.33. The lowest BCUT2D eigenvalue weighted by Gasteiger charge is -2.34. The predicted octanol–water partition coefficient (Wildman–Crippen LogP) is 2.10. The van der Waals surface area contributed by atoms with Crippen LogP contribution in [0.1, 0.15) is 26.2 Å². The van der Waals surface area contributed by atoms with Gasteiger partial charge in [0.2, 0.25) is 5.91 Å². The van der Waals surface area contributed by atoms with Crippen molar-refractivity contribution < 1.29 is 19.1 Å². The van der Waals surface area contributed by atoms with Gasteiger partial charge in [-0.1, -0.05) is 0 Å². The van der Waals surface area contributed by atoms with E-state index < -0.39 is 0 Å². The molecule has 2 fully saturated rings. The van der Waals surface area contributed by atoms with Crippen molar-refractivity contribution >= 4 is 17.6 Å². The number of rotatable bonds is 3. The van der Waals surface area contributed by atoms with Crippen LogP contribution in [0.3, 0.4) is 0 Å². The molecule has 140 valence electrons. The Morgan fingerprint density at radius 3 is 2.73 bits per heavy atom. The molecule has 4 rings (SSSR count). The molecule has 0 N–H and O–H groups in total. The largest absolute Gasteiger partial charge is 0.486 e. The van der Waals surface area contributed by atoms with Crippen LogP contribution < -0.4 is 14.4 Å². The molecule has 0 bridgehead atoms. The van der Waals surface area contributed by atoms with E-state index in [1.165, 1.54) is 6.42 Å². The van der Waals surface area contributed by atoms with Crippen molar-refractivity contribution in [2.24, 2.45) is 0 Å². The fourth-order valence-electron chi connectivity index (χ4n) is 3.89. The quantitative estimate of drug-likeness (QED) is 0.829. The number of piperidine rings is 1. The minimum Gasteiger partial charge on any atom is -0.486 e. The molecule has 7 nitrogen and oxygen atoms in total. The molecule has 1 unspecified atom stereocenters. The van der Waals surface area contributed by atoms with E-state index in [9.17, 15) is 9.59 Å². The van der Waals surface area contributed by atoms with Crippen LogP contribution in [0, 0.1) is 0 Å². The number of anilines is 1. The molecule has 26 heavy (non-hydrogen) atoms. The van der Waals surface area contributed by atoms with Crippen LogP contribution in [-0.2, 0) is 4.79 Å². The SMILES string of the molecule is CC1CCCCN1C(=O)CN1CCN(c2ccc3c(c2)OCCO3)C1=O. The number of carbonyl (C=O) groups excluding carboxylic acids is 2. The molecular formula is C19H25N3O4. The maximum absolute atomic E-state index is 12.8. The fraction of sp³-hybridized carbons (Fsp3) is 0.579. The number of nitrogens with zero attached hydrogens (tertiary/aromatic N) is 3. The van der Waals surface area contributed by atoms with Crippen LogP contribution in [0.2, 0.25) is 0 Å². The molecule has 1 atom stereocenters. The first-order chi connectivity index (χ1) is 12.6. The van der Waals surface area contributed by atoms with E-state index in [1.54, 1.807) is 9.80 Å². The van der Waals surface area contributed by atoms with Gasteiger partial charge in [-0.15, -0.1) is 0 Å². The van der Waals surface area contributed by atoms with Crippen LogP contribution in [0.5, 0.6) is 11.5 Å². The van der Waals surface area contributed by atoms with Crippen molar-refractivity contribution in [1.29, 1.82) is 0 Å². The van der Waals surface area contributed by atoms with Crippen molar-refractivity contribution in [3.8, 4) is 11.5 Å². The van der Waals surface area contributed by atoms with Gasteiger partial charge < -0.3 is 19.3 Å². The van der Waals surface area contributed by atoms with Crippen molar-refractivity contribution in [3.63, 3.8) is 0 Å². The third kappa shape index (κ3) is 3.18. The third-order valence-corrected chi connectivity index (χ3v) is 5.38. The summed E-state index contributed by atoms with van der Waals surface area (Å²) in [6.07, 6.45) is 3.27. The normalized spacial score (nSPS) is 22.7. The maximum atomic E-state index is 12.8. The summed E-state index contributed by atoms with van der Waals surface area (Å²) >= 11 is 0. The van der Waals surface area contributed by atoms with Crippen LogP contribution in [0.25, 0.3) is 0 Å². The number of hydrogen-bond acceptors (Lipinski definition) is 4. The summed E-state index contributed by atoms with van der Waals surface area (Å²) in [7, 11) is 0. The first-order valence-electron chi connectivity index (χ1n) is 9.39. The highest BCUT2D eigenvalue weighted by molar-refractivity contribution is 5.96. The Morgan fingerprint density at radius 1 is 1.12 bits per heavy atom. The summed E-state index contributed by atoms with van der Waals surface area (Å²) in [6.45, 7) is 5.23. The molecule has 0 saturated carbocycles. The number of ether oxygens (including phenoxy) is 2. The number of fused-ring (bicyclic) bond motifs is 1. The van der Waals surface area contributed by atoms with E-state index in [4.69, 9.17) is 9.47 Å². The fourth-order valence-corrected chi connectivity index (χ4v) is 3.89. The van der Waals surface area contributed by atoms with Gasteiger partial charge in [0.25, 0.3) is 0 Å². The molecular weight excluding hydrogens is 334 g/mol. The first-order valence-corrected chi connectivity index (χ1v) is 9.39. The minimum atomic E-state index is -0.125. The molecule has 3 aliphatic heterocycles. The van der Waals surface area contributed by atoms with Gasteiger partial charge in [0.05, 0.1) is 0 Å². The van der Waals surface area contributed by atoms with E-state index in [0.717, 1.165) is 25.1 Å². The maximum Gasteiger partial charge on any atom is 0.325 e. The zero-order valence-corrected chi connectivity index (χ0v) is 15.1. The van der Waals surface area contributed by atoms with E-state index in [1.807, 2.05) is 23.1 Å². The average Bonchev–Trinajstić information content (AvgIpc) is 3.02. The Hall–Kier alpha value is -2.44. The summed E-state index contributed by atoms with van der Waals surface area (Å²) in [5.74, 6) is 1.42. The number of carbonyl (C=O) groups is 2. The average molecular weight is 359 g/mol. The summed E-state index contributed by atoms with van der Waals surface area (Å²) in [4.78, 5) is 30.7. The minimum absolute atomic E-state index is 0.0505. The van der Waals surface area contributed by atoms with E-state index >= 15 is 0 Å². The molecule has 3 heterocycles. The van der Waals surface area contributed by atoms with Gasteiger partial charge in [0.15, 0.2) is 11.5 Å². The highest BCUT2D eigenvalue weighted by Crippen LogP contribution is 2.35. The Bertz CT molecular complexity index is 708.